The third kappa shape index (κ3) is 4.37. The van der Waals surface area contributed by atoms with Crippen LogP contribution in [0.3, 0.4) is 0 Å². The zero-order valence-corrected chi connectivity index (χ0v) is 17.1. The molecular formula is C23H24N4O4. The highest BCUT2D eigenvalue weighted by atomic mass is 16.4. The Morgan fingerprint density at radius 3 is 2.84 bits per heavy atom. The Hall–Kier alpha value is -3.81. The normalized spacial score (nSPS) is 15.8. The number of amides is 2. The summed E-state index contributed by atoms with van der Waals surface area (Å²) < 4.78 is 0. The maximum atomic E-state index is 12.7. The van der Waals surface area contributed by atoms with Gasteiger partial charge in [-0.3, -0.25) is 14.4 Å². The van der Waals surface area contributed by atoms with Crippen LogP contribution in [-0.2, 0) is 22.6 Å². The zero-order chi connectivity index (χ0) is 22.0. The van der Waals surface area contributed by atoms with Gasteiger partial charge in [-0.1, -0.05) is 18.2 Å². The minimum Gasteiger partial charge on any atom is -0.481 e. The number of hydrogen-bond donors (Lipinski definition) is 4. The fourth-order valence-electron chi connectivity index (χ4n) is 3.92. The molecule has 1 unspecified atom stereocenters. The molecule has 1 aliphatic rings. The van der Waals surface area contributed by atoms with Crippen molar-refractivity contribution in [1.29, 1.82) is 0 Å². The predicted octanol–water partition coefficient (Wildman–Crippen LogP) is 2.37. The van der Waals surface area contributed by atoms with Crippen molar-refractivity contribution in [3.05, 3.63) is 65.4 Å². The number of H-pyrrole nitrogens is 1. The molecule has 1 aliphatic heterocycles. The van der Waals surface area contributed by atoms with Crippen LogP contribution < -0.4 is 10.6 Å². The molecule has 0 saturated heterocycles. The van der Waals surface area contributed by atoms with E-state index in [-0.39, 0.29) is 18.2 Å². The summed E-state index contributed by atoms with van der Waals surface area (Å²) in [5.41, 5.74) is 4.15. The molecule has 0 saturated carbocycles. The van der Waals surface area contributed by atoms with E-state index in [0.29, 0.717) is 30.8 Å². The lowest BCUT2D eigenvalue weighted by molar-refractivity contribution is -0.141. The molecule has 3 aromatic rings. The van der Waals surface area contributed by atoms with Gasteiger partial charge in [0.05, 0.1) is 6.42 Å². The minimum atomic E-state index is -1.05. The fourth-order valence-corrected chi connectivity index (χ4v) is 3.92. The second-order valence-corrected chi connectivity index (χ2v) is 7.73. The van der Waals surface area contributed by atoms with Crippen LogP contribution in [-0.4, -0.2) is 52.4 Å². The van der Waals surface area contributed by atoms with E-state index in [9.17, 15) is 14.4 Å². The summed E-state index contributed by atoms with van der Waals surface area (Å²) >= 11 is 0. The molecule has 0 bridgehead atoms. The first kappa shape index (κ1) is 20.5. The number of carboxylic acid groups (broad SMARTS) is 1. The van der Waals surface area contributed by atoms with E-state index in [4.69, 9.17) is 5.11 Å². The molecule has 0 aliphatic carbocycles. The van der Waals surface area contributed by atoms with Crippen LogP contribution in [0, 0.1) is 0 Å². The Labute approximate surface area is 179 Å². The molecule has 31 heavy (non-hydrogen) atoms. The summed E-state index contributed by atoms with van der Waals surface area (Å²) in [5.74, 6) is -1.53. The van der Waals surface area contributed by atoms with Gasteiger partial charge in [0.1, 0.15) is 6.04 Å². The lowest BCUT2D eigenvalue weighted by atomic mass is 10.1. The quantitative estimate of drug-likeness (QED) is 0.489. The van der Waals surface area contributed by atoms with Gasteiger partial charge in [-0.25, -0.2) is 0 Å². The van der Waals surface area contributed by atoms with E-state index in [1.54, 1.807) is 25.2 Å². The van der Waals surface area contributed by atoms with Crippen molar-refractivity contribution in [1.82, 2.24) is 15.2 Å². The summed E-state index contributed by atoms with van der Waals surface area (Å²) in [5, 5.41) is 16.2. The van der Waals surface area contributed by atoms with Crippen molar-refractivity contribution < 1.29 is 19.5 Å². The third-order valence-electron chi connectivity index (χ3n) is 5.51. The molecule has 160 valence electrons. The van der Waals surface area contributed by atoms with Crippen LogP contribution in [0.1, 0.15) is 27.9 Å². The molecule has 0 radical (unpaired) electrons. The largest absolute Gasteiger partial charge is 0.481 e. The van der Waals surface area contributed by atoms with E-state index in [2.05, 4.69) is 21.7 Å². The van der Waals surface area contributed by atoms with Crippen LogP contribution >= 0.6 is 0 Å². The topological polar surface area (TPSA) is 115 Å². The van der Waals surface area contributed by atoms with Gasteiger partial charge in [0.15, 0.2) is 0 Å². The highest BCUT2D eigenvalue weighted by molar-refractivity contribution is 5.96. The molecule has 8 nitrogen and oxygen atoms in total. The first-order chi connectivity index (χ1) is 14.9. The molecule has 2 aromatic carbocycles. The van der Waals surface area contributed by atoms with E-state index in [0.717, 1.165) is 22.0 Å². The molecule has 4 rings (SSSR count). The van der Waals surface area contributed by atoms with E-state index in [1.807, 2.05) is 24.4 Å². The molecule has 1 aromatic heterocycles. The van der Waals surface area contributed by atoms with Crippen molar-refractivity contribution in [2.45, 2.75) is 25.4 Å². The Morgan fingerprint density at radius 1 is 1.23 bits per heavy atom. The number of aliphatic carboxylic acids is 1. The van der Waals surface area contributed by atoms with E-state index in [1.165, 1.54) is 4.90 Å². The number of rotatable bonds is 6. The number of carbonyl (C=O) groups is 3. The SMILES string of the molecule is CN1Cc2cc(C(=O)NCCc3c[nH]c4ccccc34)ccc2NC(CC(=O)O)C1=O. The molecule has 0 fully saturated rings. The van der Waals surface area contributed by atoms with Crippen LogP contribution in [0.15, 0.2) is 48.7 Å². The smallest absolute Gasteiger partial charge is 0.305 e. The van der Waals surface area contributed by atoms with Crippen LogP contribution in [0.4, 0.5) is 5.69 Å². The second-order valence-electron chi connectivity index (χ2n) is 7.73. The zero-order valence-electron chi connectivity index (χ0n) is 17.1. The summed E-state index contributed by atoms with van der Waals surface area (Å²) in [7, 11) is 1.63. The first-order valence-corrected chi connectivity index (χ1v) is 10.1. The number of aromatic amines is 1. The summed E-state index contributed by atoms with van der Waals surface area (Å²) in [6.07, 6.45) is 2.36. The number of benzene rings is 2. The number of carboxylic acids is 1. The van der Waals surface area contributed by atoms with Crippen molar-refractivity contribution in [3.8, 4) is 0 Å². The average molecular weight is 420 g/mol. The number of para-hydroxylation sites is 1. The third-order valence-corrected chi connectivity index (χ3v) is 5.51. The highest BCUT2D eigenvalue weighted by Crippen LogP contribution is 2.25. The van der Waals surface area contributed by atoms with Crippen LogP contribution in [0.2, 0.25) is 0 Å². The van der Waals surface area contributed by atoms with Gasteiger partial charge < -0.3 is 25.6 Å². The number of likely N-dealkylation sites (N-methyl/N-ethyl adjacent to an activating group) is 1. The van der Waals surface area contributed by atoms with Crippen LogP contribution in [0.5, 0.6) is 0 Å². The van der Waals surface area contributed by atoms with Crippen LogP contribution in [0.25, 0.3) is 10.9 Å². The lowest BCUT2D eigenvalue weighted by Gasteiger charge is -2.19. The van der Waals surface area contributed by atoms with Crippen molar-refractivity contribution in [2.75, 3.05) is 18.9 Å². The molecule has 1 atom stereocenters. The molecule has 8 heteroatoms. The number of hydrogen-bond acceptors (Lipinski definition) is 4. The monoisotopic (exact) mass is 420 g/mol. The number of carbonyl (C=O) groups excluding carboxylic acids is 2. The lowest BCUT2D eigenvalue weighted by Crippen LogP contribution is -2.39. The molecule has 4 N–H and O–H groups in total. The van der Waals surface area contributed by atoms with E-state index < -0.39 is 12.0 Å². The Morgan fingerprint density at radius 2 is 2.03 bits per heavy atom. The Bertz CT molecular complexity index is 1150. The van der Waals surface area contributed by atoms with Crippen molar-refractivity contribution >= 4 is 34.4 Å². The standard InChI is InChI=1S/C23H24N4O4/c1-27-13-16-10-14(6-7-18(16)26-20(23(27)31)11-21(28)29)22(30)24-9-8-15-12-25-19-5-3-2-4-17(15)19/h2-7,10,12,20,25-26H,8-9,11,13H2,1H3,(H,24,30)(H,28,29). The average Bonchev–Trinajstić information content (AvgIpc) is 3.11. The van der Waals surface area contributed by atoms with Crippen molar-refractivity contribution in [2.24, 2.45) is 0 Å². The first-order valence-electron chi connectivity index (χ1n) is 10.1. The van der Waals surface area contributed by atoms with Crippen molar-refractivity contribution in [3.63, 3.8) is 0 Å². The molecule has 0 spiro atoms. The van der Waals surface area contributed by atoms with E-state index >= 15 is 0 Å². The maximum Gasteiger partial charge on any atom is 0.305 e. The Kier molecular flexibility index (Phi) is 5.62. The van der Waals surface area contributed by atoms with Gasteiger partial charge in [0.2, 0.25) is 5.91 Å². The fraction of sp³-hybridized carbons (Fsp3) is 0.261. The number of fused-ring (bicyclic) bond motifs is 2. The maximum absolute atomic E-state index is 12.7. The summed E-state index contributed by atoms with van der Waals surface area (Å²) in [6.45, 7) is 0.794. The second kappa shape index (κ2) is 8.51. The summed E-state index contributed by atoms with van der Waals surface area (Å²) in [4.78, 5) is 40.9. The minimum absolute atomic E-state index is 0.192. The molecular weight excluding hydrogens is 396 g/mol. The predicted molar refractivity (Wildman–Crippen MR) is 117 cm³/mol. The summed E-state index contributed by atoms with van der Waals surface area (Å²) in [6, 6.07) is 12.4. The molecule has 2 heterocycles. The van der Waals surface area contributed by atoms with Gasteiger partial charge in [0.25, 0.3) is 5.91 Å². The number of nitrogens with one attached hydrogen (secondary N) is 3. The van der Waals surface area contributed by atoms with Gasteiger partial charge in [0, 0.05) is 48.5 Å². The van der Waals surface area contributed by atoms with Gasteiger partial charge in [-0.15, -0.1) is 0 Å². The number of anilines is 1. The van der Waals surface area contributed by atoms with Gasteiger partial charge in [-0.05, 0) is 41.8 Å². The van der Waals surface area contributed by atoms with Gasteiger partial charge >= 0.3 is 5.97 Å². The Balaban J connectivity index is 1.43. The number of aromatic nitrogens is 1. The number of nitrogens with zero attached hydrogens (tertiary/aromatic N) is 1. The molecule has 2 amide bonds. The highest BCUT2D eigenvalue weighted by Gasteiger charge is 2.29. The van der Waals surface area contributed by atoms with Gasteiger partial charge in [-0.2, -0.15) is 0 Å².